The van der Waals surface area contributed by atoms with E-state index < -0.39 is 0 Å². The van der Waals surface area contributed by atoms with E-state index in [2.05, 4.69) is 21.3 Å². The number of nitrogens with zero attached hydrogens (tertiary/aromatic N) is 4. The molecule has 0 aliphatic carbocycles. The largest absolute Gasteiger partial charge is 0.365 e. The normalized spacial score (nSPS) is 19.9. The molecule has 2 aliphatic heterocycles. The van der Waals surface area contributed by atoms with Gasteiger partial charge in [0.1, 0.15) is 6.26 Å². The fourth-order valence-corrected chi connectivity index (χ4v) is 2.99. The monoisotopic (exact) mass is 300 g/mol. The highest BCUT2D eigenvalue weighted by Gasteiger charge is 2.39. The third-order valence-corrected chi connectivity index (χ3v) is 4.52. The maximum atomic E-state index is 12.3. The van der Waals surface area contributed by atoms with Crippen LogP contribution in [0.25, 0.3) is 0 Å². The molecular formula is C16H20N4O2. The second-order valence-corrected chi connectivity index (χ2v) is 5.97. The van der Waals surface area contributed by atoms with Crippen molar-refractivity contribution in [3.05, 3.63) is 18.0 Å². The summed E-state index contributed by atoms with van der Waals surface area (Å²) in [4.78, 5) is 14.2. The summed E-state index contributed by atoms with van der Waals surface area (Å²) in [5.74, 6) is 3.20. The summed E-state index contributed by atoms with van der Waals surface area (Å²) >= 11 is 0. The Morgan fingerprint density at radius 3 is 2.77 bits per heavy atom. The van der Waals surface area contributed by atoms with E-state index in [4.69, 9.17) is 10.9 Å². The molecule has 0 N–H and O–H groups in total. The predicted molar refractivity (Wildman–Crippen MR) is 79.9 cm³/mol. The Hall–Kier alpha value is -2.16. The van der Waals surface area contributed by atoms with E-state index in [0.717, 1.165) is 38.0 Å². The third kappa shape index (κ3) is 3.35. The van der Waals surface area contributed by atoms with Crippen molar-refractivity contribution >= 4 is 5.91 Å². The molecule has 3 heterocycles. The Morgan fingerprint density at radius 2 is 2.18 bits per heavy atom. The molecule has 116 valence electrons. The van der Waals surface area contributed by atoms with E-state index in [9.17, 15) is 4.79 Å². The van der Waals surface area contributed by atoms with Crippen LogP contribution in [0.3, 0.4) is 0 Å². The van der Waals surface area contributed by atoms with Gasteiger partial charge in [-0.05, 0) is 12.8 Å². The first-order valence-electron chi connectivity index (χ1n) is 7.78. The SMILES string of the molecule is C#CCCC1(CCC(=O)N2CCC(c3ccon3)CC2)N=N1. The lowest BCUT2D eigenvalue weighted by Gasteiger charge is -2.31. The van der Waals surface area contributed by atoms with Crippen LogP contribution in [-0.4, -0.2) is 34.7 Å². The Morgan fingerprint density at radius 1 is 1.41 bits per heavy atom. The van der Waals surface area contributed by atoms with Crippen LogP contribution in [0.15, 0.2) is 27.1 Å². The molecule has 0 aromatic carbocycles. The standard InChI is InChI=1S/C16H20N4O2/c1-2-3-8-16(18-19-16)9-4-15(21)20-10-5-13(6-11-20)14-7-12-22-17-14/h1,7,12-13H,3-6,8-11H2. The molecule has 2 aliphatic rings. The molecule has 0 unspecified atom stereocenters. The van der Waals surface area contributed by atoms with E-state index in [1.54, 1.807) is 6.26 Å². The number of carbonyl (C=O) groups excluding carboxylic acids is 1. The van der Waals surface area contributed by atoms with Crippen LogP contribution in [-0.2, 0) is 4.79 Å². The Kier molecular flexibility index (Phi) is 4.23. The van der Waals surface area contributed by atoms with Crippen LogP contribution in [0.1, 0.15) is 50.1 Å². The number of terminal acetylenes is 1. The topological polar surface area (TPSA) is 71.1 Å². The van der Waals surface area contributed by atoms with Crippen molar-refractivity contribution in [2.24, 2.45) is 10.2 Å². The first kappa shape index (κ1) is 14.8. The van der Waals surface area contributed by atoms with Crippen LogP contribution in [0.4, 0.5) is 0 Å². The maximum Gasteiger partial charge on any atom is 0.222 e. The molecule has 0 radical (unpaired) electrons. The molecule has 0 atom stereocenters. The van der Waals surface area contributed by atoms with Gasteiger partial charge in [-0.1, -0.05) is 5.16 Å². The van der Waals surface area contributed by atoms with Crippen LogP contribution in [0.5, 0.6) is 0 Å². The summed E-state index contributed by atoms with van der Waals surface area (Å²) in [6, 6.07) is 1.91. The number of amides is 1. The van der Waals surface area contributed by atoms with Gasteiger partial charge in [-0.3, -0.25) is 4.79 Å². The highest BCUT2D eigenvalue weighted by molar-refractivity contribution is 5.76. The average Bonchev–Trinajstić information content (AvgIpc) is 3.11. The molecule has 6 nitrogen and oxygen atoms in total. The third-order valence-electron chi connectivity index (χ3n) is 4.52. The first-order chi connectivity index (χ1) is 10.7. The fraction of sp³-hybridized carbons (Fsp3) is 0.625. The molecule has 0 saturated carbocycles. The Labute approximate surface area is 129 Å². The second-order valence-electron chi connectivity index (χ2n) is 5.97. The highest BCUT2D eigenvalue weighted by atomic mass is 16.5. The van der Waals surface area contributed by atoms with Crippen LogP contribution >= 0.6 is 0 Å². The van der Waals surface area contributed by atoms with Crippen molar-refractivity contribution in [2.45, 2.75) is 50.1 Å². The molecule has 0 spiro atoms. The van der Waals surface area contributed by atoms with Gasteiger partial charge in [0.05, 0.1) is 5.69 Å². The summed E-state index contributed by atoms with van der Waals surface area (Å²) < 4.78 is 4.89. The first-order valence-corrected chi connectivity index (χ1v) is 7.78. The lowest BCUT2D eigenvalue weighted by atomic mass is 9.93. The smallest absolute Gasteiger partial charge is 0.222 e. The number of hydrogen-bond donors (Lipinski definition) is 0. The van der Waals surface area contributed by atoms with Crippen LogP contribution < -0.4 is 0 Å². The average molecular weight is 300 g/mol. The van der Waals surface area contributed by atoms with Crippen molar-refractivity contribution in [1.29, 1.82) is 0 Å². The van der Waals surface area contributed by atoms with Crippen LogP contribution in [0.2, 0.25) is 0 Å². The molecule has 3 rings (SSSR count). The van der Waals surface area contributed by atoms with E-state index in [1.165, 1.54) is 0 Å². The number of aromatic nitrogens is 1. The lowest BCUT2D eigenvalue weighted by molar-refractivity contribution is -0.132. The molecule has 1 saturated heterocycles. The summed E-state index contributed by atoms with van der Waals surface area (Å²) in [6.07, 6.45) is 11.3. The van der Waals surface area contributed by atoms with Crippen molar-refractivity contribution in [1.82, 2.24) is 10.1 Å². The van der Waals surface area contributed by atoms with Gasteiger partial charge in [-0.15, -0.1) is 12.3 Å². The van der Waals surface area contributed by atoms with Gasteiger partial charge in [0.25, 0.3) is 0 Å². The zero-order valence-corrected chi connectivity index (χ0v) is 12.6. The zero-order chi connectivity index (χ0) is 15.4. The fourth-order valence-electron chi connectivity index (χ4n) is 2.99. The lowest BCUT2D eigenvalue weighted by Crippen LogP contribution is -2.38. The minimum absolute atomic E-state index is 0.191. The molecule has 1 fully saturated rings. The Bertz CT molecular complexity index is 574. The van der Waals surface area contributed by atoms with E-state index in [1.807, 2.05) is 11.0 Å². The van der Waals surface area contributed by atoms with E-state index in [-0.39, 0.29) is 11.6 Å². The maximum absolute atomic E-state index is 12.3. The molecule has 6 heteroatoms. The summed E-state index contributed by atoms with van der Waals surface area (Å²) in [7, 11) is 0. The number of piperidine rings is 1. The quantitative estimate of drug-likeness (QED) is 0.758. The number of rotatable bonds is 6. The molecule has 1 aromatic rings. The molecular weight excluding hydrogens is 280 g/mol. The molecule has 1 amide bonds. The van der Waals surface area contributed by atoms with Crippen molar-refractivity contribution in [2.75, 3.05) is 13.1 Å². The van der Waals surface area contributed by atoms with Crippen molar-refractivity contribution < 1.29 is 9.32 Å². The zero-order valence-electron chi connectivity index (χ0n) is 12.6. The van der Waals surface area contributed by atoms with Gasteiger partial charge >= 0.3 is 0 Å². The predicted octanol–water partition coefficient (Wildman–Crippen LogP) is 2.74. The number of likely N-dealkylation sites (tertiary alicyclic amines) is 1. The van der Waals surface area contributed by atoms with E-state index >= 15 is 0 Å². The number of hydrogen-bond acceptors (Lipinski definition) is 5. The minimum Gasteiger partial charge on any atom is -0.365 e. The van der Waals surface area contributed by atoms with Crippen molar-refractivity contribution in [3.63, 3.8) is 0 Å². The van der Waals surface area contributed by atoms with Gasteiger partial charge in [-0.25, -0.2) is 0 Å². The molecule has 22 heavy (non-hydrogen) atoms. The van der Waals surface area contributed by atoms with Gasteiger partial charge in [-0.2, -0.15) is 10.2 Å². The van der Waals surface area contributed by atoms with Gasteiger partial charge in [0, 0.05) is 50.8 Å². The summed E-state index contributed by atoms with van der Waals surface area (Å²) in [5.41, 5.74) is 0.636. The molecule has 1 aromatic heterocycles. The number of carbonyl (C=O) groups is 1. The Balaban J connectivity index is 1.42. The van der Waals surface area contributed by atoms with E-state index in [0.29, 0.717) is 25.2 Å². The van der Waals surface area contributed by atoms with Crippen molar-refractivity contribution in [3.8, 4) is 12.3 Å². The van der Waals surface area contributed by atoms with Crippen LogP contribution in [0, 0.1) is 12.3 Å². The van der Waals surface area contributed by atoms with Gasteiger partial charge in [0.2, 0.25) is 5.91 Å². The summed E-state index contributed by atoms with van der Waals surface area (Å²) in [6.45, 7) is 1.56. The second kappa shape index (κ2) is 6.30. The highest BCUT2D eigenvalue weighted by Crippen LogP contribution is 2.38. The minimum atomic E-state index is -0.360. The van der Waals surface area contributed by atoms with Gasteiger partial charge < -0.3 is 9.42 Å². The molecule has 0 bridgehead atoms. The summed E-state index contributed by atoms with van der Waals surface area (Å²) in [5, 5.41) is 12.1. The van der Waals surface area contributed by atoms with Gasteiger partial charge in [0.15, 0.2) is 5.66 Å².